The van der Waals surface area contributed by atoms with Crippen LogP contribution in [0.15, 0.2) is 48.7 Å². The van der Waals surface area contributed by atoms with Crippen LogP contribution in [0.3, 0.4) is 0 Å². The van der Waals surface area contributed by atoms with E-state index in [-0.39, 0.29) is 10.8 Å². The van der Waals surface area contributed by atoms with Gasteiger partial charge in [-0.3, -0.25) is 10.1 Å². The van der Waals surface area contributed by atoms with Crippen molar-refractivity contribution in [3.63, 3.8) is 0 Å². The molecule has 0 radical (unpaired) electrons. The minimum Gasteiger partial charge on any atom is -0.477 e. The van der Waals surface area contributed by atoms with Crippen LogP contribution >= 0.6 is 11.6 Å². The molecule has 1 atom stereocenters. The van der Waals surface area contributed by atoms with Gasteiger partial charge in [-0.05, 0) is 17.7 Å². The summed E-state index contributed by atoms with van der Waals surface area (Å²) in [5.74, 6) is -1.88. The number of primary amides is 1. The molecule has 0 saturated heterocycles. The minimum absolute atomic E-state index is 0.0802. The van der Waals surface area contributed by atoms with Crippen LogP contribution in [0.5, 0.6) is 0 Å². The van der Waals surface area contributed by atoms with Crippen LogP contribution in [0.2, 0.25) is 5.15 Å². The molecule has 4 N–H and O–H groups in total. The number of fused-ring (bicyclic) bond motifs is 1. The van der Waals surface area contributed by atoms with E-state index < -0.39 is 18.0 Å². The van der Waals surface area contributed by atoms with Crippen LogP contribution in [0, 0.1) is 0 Å². The van der Waals surface area contributed by atoms with Crippen molar-refractivity contribution in [3.05, 3.63) is 65.1 Å². The predicted molar refractivity (Wildman–Crippen MR) is 93.2 cm³/mol. The van der Waals surface area contributed by atoms with Crippen molar-refractivity contribution in [1.29, 1.82) is 0 Å². The summed E-state index contributed by atoms with van der Waals surface area (Å²) in [4.78, 5) is 27.6. The maximum Gasteiger partial charge on any atom is 0.352 e. The quantitative estimate of drug-likeness (QED) is 0.585. The highest BCUT2D eigenvalue weighted by atomic mass is 35.5. The normalized spacial score (nSPS) is 12.2. The van der Waals surface area contributed by atoms with Gasteiger partial charge in [-0.25, -0.2) is 9.78 Å². The first-order chi connectivity index (χ1) is 12.0. The Morgan fingerprint density at radius 2 is 2.00 bits per heavy atom. The Hall–Kier alpha value is -2.90. The molecule has 0 aliphatic carbocycles. The Balaban J connectivity index is 2.04. The average molecular weight is 359 g/mol. The number of carboxylic acid groups (broad SMARTS) is 1. The SMILES string of the molecule is NC(=O)C(NCc1ccccc1)n1c(C(=O)O)cc2cc(Cl)ncc21. The van der Waals surface area contributed by atoms with Crippen LogP contribution in [0.25, 0.3) is 10.9 Å². The molecule has 2 heterocycles. The third-order valence-electron chi connectivity index (χ3n) is 3.78. The highest BCUT2D eigenvalue weighted by Crippen LogP contribution is 2.25. The van der Waals surface area contributed by atoms with E-state index in [1.54, 1.807) is 0 Å². The molecule has 0 aliphatic rings. The summed E-state index contributed by atoms with van der Waals surface area (Å²) in [6.45, 7) is 0.341. The van der Waals surface area contributed by atoms with Crippen molar-refractivity contribution in [1.82, 2.24) is 14.9 Å². The van der Waals surface area contributed by atoms with Crippen LogP contribution in [0.4, 0.5) is 0 Å². The molecule has 3 rings (SSSR count). The van der Waals surface area contributed by atoms with E-state index in [0.29, 0.717) is 17.4 Å². The molecule has 1 unspecified atom stereocenters. The summed E-state index contributed by atoms with van der Waals surface area (Å²) in [6, 6.07) is 12.4. The van der Waals surface area contributed by atoms with Crippen molar-refractivity contribution in [2.45, 2.75) is 12.7 Å². The lowest BCUT2D eigenvalue weighted by atomic mass is 10.2. The Labute approximate surface area is 148 Å². The highest BCUT2D eigenvalue weighted by molar-refractivity contribution is 6.30. The van der Waals surface area contributed by atoms with Crippen molar-refractivity contribution in [2.24, 2.45) is 5.73 Å². The molecule has 25 heavy (non-hydrogen) atoms. The Bertz CT molecular complexity index is 940. The fourth-order valence-electron chi connectivity index (χ4n) is 2.67. The van der Waals surface area contributed by atoms with Gasteiger partial charge in [0.15, 0.2) is 6.17 Å². The van der Waals surface area contributed by atoms with Gasteiger partial charge in [-0.15, -0.1) is 0 Å². The van der Waals surface area contributed by atoms with Gasteiger partial charge in [0.1, 0.15) is 10.8 Å². The molecule has 8 heteroatoms. The van der Waals surface area contributed by atoms with Gasteiger partial charge in [-0.1, -0.05) is 41.9 Å². The lowest BCUT2D eigenvalue weighted by Gasteiger charge is -2.20. The third-order valence-corrected chi connectivity index (χ3v) is 3.99. The highest BCUT2D eigenvalue weighted by Gasteiger charge is 2.25. The van der Waals surface area contributed by atoms with Gasteiger partial charge in [-0.2, -0.15) is 0 Å². The molecule has 0 aliphatic heterocycles. The molecule has 1 aromatic carbocycles. The zero-order valence-electron chi connectivity index (χ0n) is 13.0. The van der Waals surface area contributed by atoms with Gasteiger partial charge in [0.05, 0.1) is 11.7 Å². The van der Waals surface area contributed by atoms with E-state index in [1.807, 2.05) is 30.3 Å². The molecule has 1 amide bonds. The molecule has 0 saturated carbocycles. The van der Waals surface area contributed by atoms with Crippen molar-refractivity contribution < 1.29 is 14.7 Å². The third kappa shape index (κ3) is 3.47. The number of aromatic carboxylic acids is 1. The van der Waals surface area contributed by atoms with Gasteiger partial charge < -0.3 is 15.4 Å². The molecule has 7 nitrogen and oxygen atoms in total. The number of hydrogen-bond acceptors (Lipinski definition) is 4. The summed E-state index contributed by atoms with van der Waals surface area (Å²) in [7, 11) is 0. The molecule has 3 aromatic rings. The van der Waals surface area contributed by atoms with Gasteiger partial charge in [0.2, 0.25) is 0 Å². The standard InChI is InChI=1S/C17H15ClN4O3/c18-14-7-11-6-12(17(24)25)22(13(11)9-20-14)16(15(19)23)21-8-10-4-2-1-3-5-10/h1-7,9,16,21H,8H2,(H2,19,23)(H,24,25). The largest absolute Gasteiger partial charge is 0.477 e. The molecule has 0 bridgehead atoms. The second-order valence-electron chi connectivity index (χ2n) is 5.44. The maximum absolute atomic E-state index is 12.0. The number of halogens is 1. The van der Waals surface area contributed by atoms with Gasteiger partial charge >= 0.3 is 5.97 Å². The van der Waals surface area contributed by atoms with Gasteiger partial charge in [0.25, 0.3) is 5.91 Å². The van der Waals surface area contributed by atoms with E-state index in [4.69, 9.17) is 17.3 Å². The van der Waals surface area contributed by atoms with Gasteiger partial charge in [0, 0.05) is 11.9 Å². The number of nitrogens with two attached hydrogens (primary N) is 1. The molecule has 0 fully saturated rings. The average Bonchev–Trinajstić information content (AvgIpc) is 2.94. The number of carbonyl (C=O) groups excluding carboxylic acids is 1. The van der Waals surface area contributed by atoms with Crippen molar-refractivity contribution in [3.8, 4) is 0 Å². The minimum atomic E-state index is -1.18. The number of amides is 1. The van der Waals surface area contributed by atoms with E-state index >= 15 is 0 Å². The van der Waals surface area contributed by atoms with E-state index in [1.165, 1.54) is 22.9 Å². The van der Waals surface area contributed by atoms with Crippen LogP contribution in [-0.4, -0.2) is 26.5 Å². The molecule has 0 spiro atoms. The number of nitrogens with zero attached hydrogens (tertiary/aromatic N) is 2. The Kier molecular flexibility index (Phi) is 4.69. The number of carboxylic acids is 1. The van der Waals surface area contributed by atoms with Crippen molar-refractivity contribution >= 4 is 34.4 Å². The lowest BCUT2D eigenvalue weighted by molar-refractivity contribution is -0.122. The predicted octanol–water partition coefficient (Wildman–Crippen LogP) is 2.16. The number of pyridine rings is 1. The number of nitrogens with one attached hydrogen (secondary N) is 1. The topological polar surface area (TPSA) is 110 Å². The fraction of sp³-hybridized carbons (Fsp3) is 0.118. The summed E-state index contributed by atoms with van der Waals surface area (Å²) in [6.07, 6.45) is 0.372. The molecular weight excluding hydrogens is 344 g/mol. The maximum atomic E-state index is 12.0. The summed E-state index contributed by atoms with van der Waals surface area (Å²) >= 11 is 5.87. The van der Waals surface area contributed by atoms with E-state index in [2.05, 4.69) is 10.3 Å². The molecule has 2 aromatic heterocycles. The number of rotatable bonds is 6. The van der Waals surface area contributed by atoms with Crippen LogP contribution < -0.4 is 11.1 Å². The smallest absolute Gasteiger partial charge is 0.352 e. The molecule has 128 valence electrons. The molecular formula is C17H15ClN4O3. The first-order valence-electron chi connectivity index (χ1n) is 7.44. The first kappa shape index (κ1) is 16.9. The summed E-state index contributed by atoms with van der Waals surface area (Å²) in [5.41, 5.74) is 6.82. The zero-order chi connectivity index (χ0) is 18.0. The fourth-order valence-corrected chi connectivity index (χ4v) is 2.84. The Morgan fingerprint density at radius 3 is 2.64 bits per heavy atom. The number of carbonyl (C=O) groups is 2. The summed E-state index contributed by atoms with van der Waals surface area (Å²) < 4.78 is 1.33. The van der Waals surface area contributed by atoms with E-state index in [9.17, 15) is 14.7 Å². The first-order valence-corrected chi connectivity index (χ1v) is 7.81. The summed E-state index contributed by atoms with van der Waals surface area (Å²) in [5, 5.41) is 13.3. The second-order valence-corrected chi connectivity index (χ2v) is 5.83. The lowest BCUT2D eigenvalue weighted by Crippen LogP contribution is -2.38. The monoisotopic (exact) mass is 358 g/mol. The number of benzene rings is 1. The van der Waals surface area contributed by atoms with E-state index in [0.717, 1.165) is 5.56 Å². The number of hydrogen-bond donors (Lipinski definition) is 3. The zero-order valence-corrected chi connectivity index (χ0v) is 13.8. The van der Waals surface area contributed by atoms with Crippen LogP contribution in [0.1, 0.15) is 22.2 Å². The van der Waals surface area contributed by atoms with Crippen LogP contribution in [-0.2, 0) is 11.3 Å². The number of aromatic nitrogens is 2. The second kappa shape index (κ2) is 6.92. The Morgan fingerprint density at radius 1 is 1.28 bits per heavy atom. The van der Waals surface area contributed by atoms with Crippen molar-refractivity contribution in [2.75, 3.05) is 0 Å².